The summed E-state index contributed by atoms with van der Waals surface area (Å²) in [6.45, 7) is 1.06. The van der Waals surface area contributed by atoms with Gasteiger partial charge in [-0.2, -0.15) is 0 Å². The van der Waals surface area contributed by atoms with Gasteiger partial charge in [0.2, 0.25) is 0 Å². The Morgan fingerprint density at radius 1 is 1.04 bits per heavy atom. The summed E-state index contributed by atoms with van der Waals surface area (Å²) in [6.07, 6.45) is 0.773. The summed E-state index contributed by atoms with van der Waals surface area (Å²) in [7, 11) is 4.88. The van der Waals surface area contributed by atoms with Gasteiger partial charge in [-0.25, -0.2) is 4.39 Å². The first-order chi connectivity index (χ1) is 12.6. The van der Waals surface area contributed by atoms with Crippen LogP contribution >= 0.6 is 0 Å². The molecule has 0 aliphatic rings. The monoisotopic (exact) mass is 361 g/mol. The number of benzene rings is 2. The number of halogens is 1. The van der Waals surface area contributed by atoms with Crippen LogP contribution in [0.4, 0.5) is 4.39 Å². The van der Waals surface area contributed by atoms with Crippen LogP contribution in [0.5, 0.6) is 17.2 Å². The largest absolute Gasteiger partial charge is 0.505 e. The second-order valence-corrected chi connectivity index (χ2v) is 5.58. The lowest BCUT2D eigenvalue weighted by Crippen LogP contribution is -2.37. The molecule has 140 valence electrons. The molecule has 7 heteroatoms. The van der Waals surface area contributed by atoms with Crippen molar-refractivity contribution in [2.24, 2.45) is 4.99 Å². The molecule has 0 heterocycles. The fourth-order valence-corrected chi connectivity index (χ4v) is 2.43. The van der Waals surface area contributed by atoms with E-state index in [1.54, 1.807) is 27.3 Å². The van der Waals surface area contributed by atoms with Crippen molar-refractivity contribution in [2.75, 3.05) is 27.8 Å². The highest BCUT2D eigenvalue weighted by molar-refractivity contribution is 5.79. The maximum Gasteiger partial charge on any atom is 0.191 e. The number of phenols is 1. The van der Waals surface area contributed by atoms with Crippen LogP contribution in [-0.2, 0) is 13.0 Å². The van der Waals surface area contributed by atoms with Gasteiger partial charge < -0.3 is 25.2 Å². The molecule has 3 N–H and O–H groups in total. The topological polar surface area (TPSA) is 75.1 Å². The summed E-state index contributed by atoms with van der Waals surface area (Å²) >= 11 is 0. The molecule has 0 unspecified atom stereocenters. The molecule has 26 heavy (non-hydrogen) atoms. The van der Waals surface area contributed by atoms with Gasteiger partial charge in [0.05, 0.1) is 14.2 Å². The first-order valence-corrected chi connectivity index (χ1v) is 8.20. The molecular weight excluding hydrogens is 337 g/mol. The second kappa shape index (κ2) is 9.50. The van der Waals surface area contributed by atoms with E-state index in [0.717, 1.165) is 12.0 Å². The summed E-state index contributed by atoms with van der Waals surface area (Å²) in [5.41, 5.74) is 1.81. The number of hydrogen-bond acceptors (Lipinski definition) is 4. The molecule has 0 aliphatic heterocycles. The van der Waals surface area contributed by atoms with Gasteiger partial charge in [-0.05, 0) is 41.8 Å². The quantitative estimate of drug-likeness (QED) is 0.522. The predicted octanol–water partition coefficient (Wildman–Crippen LogP) is 2.46. The number of nitrogens with zero attached hydrogens (tertiary/aromatic N) is 1. The van der Waals surface area contributed by atoms with Gasteiger partial charge in [-0.3, -0.25) is 4.99 Å². The minimum Gasteiger partial charge on any atom is -0.505 e. The Bertz CT molecular complexity index is 766. The van der Waals surface area contributed by atoms with Crippen molar-refractivity contribution in [3.05, 3.63) is 53.3 Å². The Hall–Kier alpha value is -2.96. The van der Waals surface area contributed by atoms with Crippen molar-refractivity contribution >= 4 is 5.96 Å². The molecule has 2 aromatic rings. The van der Waals surface area contributed by atoms with Crippen molar-refractivity contribution in [1.82, 2.24) is 10.6 Å². The molecule has 0 bridgehead atoms. The van der Waals surface area contributed by atoms with E-state index in [9.17, 15) is 9.50 Å². The summed E-state index contributed by atoms with van der Waals surface area (Å²) in [4.78, 5) is 4.14. The minimum atomic E-state index is -0.638. The Morgan fingerprint density at radius 3 is 2.42 bits per heavy atom. The lowest BCUT2D eigenvalue weighted by atomic mass is 10.1. The van der Waals surface area contributed by atoms with Crippen molar-refractivity contribution in [1.29, 1.82) is 0 Å². The zero-order valence-electron chi connectivity index (χ0n) is 15.2. The Balaban J connectivity index is 1.84. The number of aliphatic imine (C=N–C) groups is 1. The molecule has 0 saturated heterocycles. The Kier molecular flexibility index (Phi) is 7.08. The molecule has 0 saturated carbocycles. The number of ether oxygens (including phenoxy) is 2. The van der Waals surface area contributed by atoms with Gasteiger partial charge in [0.1, 0.15) is 0 Å². The molecule has 0 aliphatic carbocycles. The smallest absolute Gasteiger partial charge is 0.191 e. The fourth-order valence-electron chi connectivity index (χ4n) is 2.43. The number of methoxy groups -OCH3 is 2. The van der Waals surface area contributed by atoms with Gasteiger partial charge >= 0.3 is 0 Å². The number of nitrogens with one attached hydrogen (secondary N) is 2. The zero-order chi connectivity index (χ0) is 18.9. The maximum absolute atomic E-state index is 13.3. The van der Waals surface area contributed by atoms with Crippen molar-refractivity contribution in [2.45, 2.75) is 13.0 Å². The Morgan fingerprint density at radius 2 is 1.77 bits per heavy atom. The van der Waals surface area contributed by atoms with Crippen LogP contribution in [0, 0.1) is 5.82 Å². The normalized spacial score (nSPS) is 11.2. The zero-order valence-corrected chi connectivity index (χ0v) is 15.2. The van der Waals surface area contributed by atoms with Gasteiger partial charge in [-0.15, -0.1) is 0 Å². The number of guanidine groups is 1. The van der Waals surface area contributed by atoms with E-state index in [2.05, 4.69) is 15.6 Å². The van der Waals surface area contributed by atoms with E-state index < -0.39 is 5.82 Å². The average molecular weight is 361 g/mol. The minimum absolute atomic E-state index is 0.355. The first kappa shape index (κ1) is 19.4. The van der Waals surface area contributed by atoms with Gasteiger partial charge in [0.15, 0.2) is 29.0 Å². The highest BCUT2D eigenvalue weighted by Gasteiger charge is 2.06. The molecule has 0 aromatic heterocycles. The molecule has 0 radical (unpaired) electrons. The van der Waals surface area contributed by atoms with E-state index in [1.165, 1.54) is 12.1 Å². The Labute approximate surface area is 152 Å². The molecule has 0 spiro atoms. The summed E-state index contributed by atoms with van der Waals surface area (Å²) in [6, 6.07) is 10.1. The summed E-state index contributed by atoms with van der Waals surface area (Å²) in [5, 5.41) is 15.5. The van der Waals surface area contributed by atoms with Crippen LogP contribution in [0.15, 0.2) is 41.4 Å². The van der Waals surface area contributed by atoms with Crippen molar-refractivity contribution < 1.29 is 19.0 Å². The first-order valence-electron chi connectivity index (χ1n) is 8.20. The predicted molar refractivity (Wildman–Crippen MR) is 99.5 cm³/mol. The van der Waals surface area contributed by atoms with Crippen LogP contribution in [0.1, 0.15) is 11.1 Å². The number of hydrogen-bond donors (Lipinski definition) is 3. The summed E-state index contributed by atoms with van der Waals surface area (Å²) < 4.78 is 23.9. The van der Waals surface area contributed by atoms with E-state index in [1.807, 2.05) is 18.2 Å². The van der Waals surface area contributed by atoms with E-state index in [0.29, 0.717) is 36.1 Å². The molecule has 2 aromatic carbocycles. The van der Waals surface area contributed by atoms with Gasteiger partial charge in [0, 0.05) is 20.1 Å². The van der Waals surface area contributed by atoms with Crippen molar-refractivity contribution in [3.8, 4) is 17.2 Å². The lowest BCUT2D eigenvalue weighted by Gasteiger charge is -2.13. The number of phenolic OH excluding ortho intramolecular Hbond substituents is 1. The highest BCUT2D eigenvalue weighted by atomic mass is 19.1. The SMILES string of the molecule is CN=C(NCCc1ccc(OC)c(OC)c1)NCc1ccc(O)c(F)c1. The third-order valence-electron chi connectivity index (χ3n) is 3.85. The van der Waals surface area contributed by atoms with E-state index in [-0.39, 0.29) is 5.75 Å². The number of aromatic hydroxyl groups is 1. The third-order valence-corrected chi connectivity index (χ3v) is 3.85. The van der Waals surface area contributed by atoms with Crippen LogP contribution < -0.4 is 20.1 Å². The molecule has 0 amide bonds. The molecule has 0 fully saturated rings. The lowest BCUT2D eigenvalue weighted by molar-refractivity contribution is 0.354. The number of rotatable bonds is 7. The third kappa shape index (κ3) is 5.27. The van der Waals surface area contributed by atoms with E-state index >= 15 is 0 Å². The molecule has 6 nitrogen and oxygen atoms in total. The summed E-state index contributed by atoms with van der Waals surface area (Å²) in [5.74, 6) is 1.01. The molecule has 0 atom stereocenters. The van der Waals surface area contributed by atoms with Crippen LogP contribution in [0.3, 0.4) is 0 Å². The molecule has 2 rings (SSSR count). The van der Waals surface area contributed by atoms with Crippen LogP contribution in [0.2, 0.25) is 0 Å². The van der Waals surface area contributed by atoms with Crippen LogP contribution in [-0.4, -0.2) is 38.9 Å². The average Bonchev–Trinajstić information content (AvgIpc) is 2.66. The van der Waals surface area contributed by atoms with Gasteiger partial charge in [0.25, 0.3) is 0 Å². The standard InChI is InChI=1S/C19H24FN3O3/c1-21-19(23-12-14-4-6-16(24)15(20)10-14)22-9-8-13-5-7-17(25-2)18(11-13)26-3/h4-7,10-11,24H,8-9,12H2,1-3H3,(H2,21,22,23). The molecular formula is C19H24FN3O3. The second-order valence-electron chi connectivity index (χ2n) is 5.58. The van der Waals surface area contributed by atoms with Gasteiger partial charge in [-0.1, -0.05) is 12.1 Å². The van der Waals surface area contributed by atoms with E-state index in [4.69, 9.17) is 9.47 Å². The van der Waals surface area contributed by atoms with Crippen LogP contribution in [0.25, 0.3) is 0 Å². The fraction of sp³-hybridized carbons (Fsp3) is 0.316. The maximum atomic E-state index is 13.3. The van der Waals surface area contributed by atoms with Crippen molar-refractivity contribution in [3.63, 3.8) is 0 Å². The highest BCUT2D eigenvalue weighted by Crippen LogP contribution is 2.27.